The van der Waals surface area contributed by atoms with Gasteiger partial charge in [0.1, 0.15) is 11.5 Å². The number of carbonyl (C=O) groups excluding carboxylic acids is 1. The van der Waals surface area contributed by atoms with E-state index >= 15 is 0 Å². The second-order valence-electron chi connectivity index (χ2n) is 11.1. The highest BCUT2D eigenvalue weighted by molar-refractivity contribution is 7.98. The molecule has 0 fully saturated rings. The Morgan fingerprint density at radius 1 is 1.07 bits per heavy atom. The first-order chi connectivity index (χ1) is 21.7. The van der Waals surface area contributed by atoms with E-state index in [2.05, 4.69) is 0 Å². The van der Waals surface area contributed by atoms with Crippen molar-refractivity contribution in [1.29, 1.82) is 0 Å². The highest BCUT2D eigenvalue weighted by atomic mass is 32.2. The number of rotatable bonds is 8. The molecule has 7 nitrogen and oxygen atoms in total. The number of thiazole rings is 1. The third kappa shape index (κ3) is 6.21. The molecule has 0 aliphatic carbocycles. The first-order valence-electron chi connectivity index (χ1n) is 14.5. The molecule has 0 spiro atoms. The fourth-order valence-corrected chi connectivity index (χ4v) is 6.63. The van der Waals surface area contributed by atoms with Crippen LogP contribution >= 0.6 is 23.1 Å². The van der Waals surface area contributed by atoms with Crippen molar-refractivity contribution in [2.24, 2.45) is 10.9 Å². The lowest BCUT2D eigenvalue weighted by Gasteiger charge is -2.25. The lowest BCUT2D eigenvalue weighted by atomic mass is 9.96. The second kappa shape index (κ2) is 12.8. The Labute approximate surface area is 268 Å². The molecule has 0 radical (unpaired) electrons. The predicted molar refractivity (Wildman–Crippen MR) is 177 cm³/mol. The van der Waals surface area contributed by atoms with Gasteiger partial charge in [-0.3, -0.25) is 9.36 Å². The second-order valence-corrected chi connectivity index (χ2v) is 13.0. The van der Waals surface area contributed by atoms with Crippen LogP contribution in [0.2, 0.25) is 0 Å². The van der Waals surface area contributed by atoms with Gasteiger partial charge in [0, 0.05) is 22.2 Å². The summed E-state index contributed by atoms with van der Waals surface area (Å²) in [5.41, 5.74) is 4.20. The fourth-order valence-electron chi connectivity index (χ4n) is 5.18. The van der Waals surface area contributed by atoms with Gasteiger partial charge in [-0.2, -0.15) is 5.10 Å². The van der Waals surface area contributed by atoms with Crippen molar-refractivity contribution in [2.75, 3.05) is 12.9 Å². The Morgan fingerprint density at radius 3 is 2.44 bits per heavy atom. The number of fused-ring (bicyclic) bond motifs is 1. The van der Waals surface area contributed by atoms with Gasteiger partial charge in [-0.05, 0) is 79.3 Å². The molecule has 45 heavy (non-hydrogen) atoms. The highest BCUT2D eigenvalue weighted by Crippen LogP contribution is 2.32. The van der Waals surface area contributed by atoms with E-state index in [1.54, 1.807) is 46.1 Å². The number of nitrogens with zero attached hydrogens (tertiary/aromatic N) is 4. The number of ether oxygens (including phenoxy) is 1. The van der Waals surface area contributed by atoms with Crippen LogP contribution in [0.3, 0.4) is 0 Å². The van der Waals surface area contributed by atoms with E-state index in [0.717, 1.165) is 16.1 Å². The molecule has 0 saturated carbocycles. The summed E-state index contributed by atoms with van der Waals surface area (Å²) < 4.78 is 23.2. The maximum Gasteiger partial charge on any atom is 0.338 e. The molecule has 1 aliphatic rings. The van der Waals surface area contributed by atoms with E-state index in [-0.39, 0.29) is 23.9 Å². The summed E-state index contributed by atoms with van der Waals surface area (Å²) in [4.78, 5) is 34.0. The summed E-state index contributed by atoms with van der Waals surface area (Å²) in [5, 5.41) is 4.81. The van der Waals surface area contributed by atoms with Gasteiger partial charge in [0.15, 0.2) is 4.80 Å². The van der Waals surface area contributed by atoms with E-state index in [0.29, 0.717) is 37.4 Å². The van der Waals surface area contributed by atoms with Gasteiger partial charge in [-0.25, -0.2) is 18.9 Å². The van der Waals surface area contributed by atoms with Crippen LogP contribution in [0.5, 0.6) is 0 Å². The standard InChI is InChI=1S/C35H31FN4O3S2/c1-21(2)20-43-34(42)30-22(3)37-35-40(32(30)24-12-16-28(44-4)17-13-24)33(41)29(45-35)18-25-19-39(27-8-6-5-7-9-27)38-31(25)23-10-14-26(36)15-11-23/h5-19,21,32H,20H2,1-4H3. The van der Waals surface area contributed by atoms with Crippen LogP contribution in [0.4, 0.5) is 4.39 Å². The van der Waals surface area contributed by atoms with Crippen molar-refractivity contribution in [3.63, 3.8) is 0 Å². The molecule has 1 aliphatic heterocycles. The van der Waals surface area contributed by atoms with Crippen LogP contribution < -0.4 is 14.9 Å². The fraction of sp³-hybridized carbons (Fsp3) is 0.200. The van der Waals surface area contributed by atoms with Crippen LogP contribution in [0.25, 0.3) is 23.0 Å². The van der Waals surface area contributed by atoms with Crippen molar-refractivity contribution in [3.8, 4) is 16.9 Å². The summed E-state index contributed by atoms with van der Waals surface area (Å²) >= 11 is 2.87. The number of thioether (sulfide) groups is 1. The van der Waals surface area contributed by atoms with Gasteiger partial charge in [0.05, 0.1) is 34.1 Å². The normalized spacial score (nSPS) is 14.9. The summed E-state index contributed by atoms with van der Waals surface area (Å²) in [5.74, 6) is -0.678. The molecule has 2 aromatic heterocycles. The van der Waals surface area contributed by atoms with Crippen molar-refractivity contribution in [1.82, 2.24) is 14.3 Å². The minimum Gasteiger partial charge on any atom is -0.462 e. The van der Waals surface area contributed by atoms with Crippen LogP contribution in [0, 0.1) is 11.7 Å². The molecule has 0 amide bonds. The highest BCUT2D eigenvalue weighted by Gasteiger charge is 2.33. The van der Waals surface area contributed by atoms with Crippen molar-refractivity contribution in [3.05, 3.63) is 133 Å². The molecule has 0 saturated heterocycles. The van der Waals surface area contributed by atoms with Crippen LogP contribution in [0.15, 0.2) is 111 Å². The topological polar surface area (TPSA) is 78.5 Å². The van der Waals surface area contributed by atoms with Gasteiger partial charge in [0.25, 0.3) is 5.56 Å². The maximum absolute atomic E-state index is 14.3. The Balaban J connectivity index is 1.53. The molecule has 228 valence electrons. The molecule has 6 rings (SSSR count). The zero-order valence-corrected chi connectivity index (χ0v) is 26.9. The van der Waals surface area contributed by atoms with E-state index in [4.69, 9.17) is 14.8 Å². The third-order valence-electron chi connectivity index (χ3n) is 7.39. The molecule has 10 heteroatoms. The number of esters is 1. The van der Waals surface area contributed by atoms with Crippen LogP contribution in [0.1, 0.15) is 37.9 Å². The molecule has 3 aromatic carbocycles. The Kier molecular flexibility index (Phi) is 8.69. The van der Waals surface area contributed by atoms with Gasteiger partial charge >= 0.3 is 5.97 Å². The number of carbonyl (C=O) groups is 1. The summed E-state index contributed by atoms with van der Waals surface area (Å²) in [6, 6.07) is 22.9. The molecule has 5 aromatic rings. The van der Waals surface area contributed by atoms with E-state index in [1.165, 1.54) is 23.5 Å². The van der Waals surface area contributed by atoms with Gasteiger partial charge in [-0.15, -0.1) is 11.8 Å². The first-order valence-corrected chi connectivity index (χ1v) is 16.5. The number of benzene rings is 3. The molecule has 1 atom stereocenters. The Hall–Kier alpha value is -4.54. The molecular weight excluding hydrogens is 608 g/mol. The third-order valence-corrected chi connectivity index (χ3v) is 9.11. The lowest BCUT2D eigenvalue weighted by Crippen LogP contribution is -2.40. The van der Waals surface area contributed by atoms with Crippen LogP contribution in [-0.2, 0) is 9.53 Å². The van der Waals surface area contributed by atoms with Crippen molar-refractivity contribution >= 4 is 35.1 Å². The Bertz CT molecular complexity index is 2080. The lowest BCUT2D eigenvalue weighted by molar-refractivity contribution is -0.140. The van der Waals surface area contributed by atoms with Gasteiger partial charge in [-0.1, -0.05) is 55.5 Å². The Morgan fingerprint density at radius 2 is 1.78 bits per heavy atom. The summed E-state index contributed by atoms with van der Waals surface area (Å²) in [6.07, 6.45) is 5.64. The molecular formula is C35H31FN4O3S2. The first kappa shape index (κ1) is 30.5. The number of hydrogen-bond acceptors (Lipinski definition) is 7. The number of halogens is 1. The summed E-state index contributed by atoms with van der Waals surface area (Å²) in [7, 11) is 0. The van der Waals surface area contributed by atoms with Gasteiger partial charge in [0.2, 0.25) is 0 Å². The summed E-state index contributed by atoms with van der Waals surface area (Å²) in [6.45, 7) is 5.99. The van der Waals surface area contributed by atoms with E-state index < -0.39 is 12.0 Å². The average molecular weight is 639 g/mol. The quantitative estimate of drug-likeness (QED) is 0.151. The van der Waals surface area contributed by atoms with Gasteiger partial charge < -0.3 is 4.74 Å². The predicted octanol–water partition coefficient (Wildman–Crippen LogP) is 6.15. The smallest absolute Gasteiger partial charge is 0.338 e. The maximum atomic E-state index is 14.3. The number of aromatic nitrogens is 3. The number of hydrogen-bond donors (Lipinski definition) is 0. The molecule has 3 heterocycles. The zero-order chi connectivity index (χ0) is 31.7. The zero-order valence-electron chi connectivity index (χ0n) is 25.2. The monoisotopic (exact) mass is 638 g/mol. The van der Waals surface area contributed by atoms with E-state index in [9.17, 15) is 14.0 Å². The van der Waals surface area contributed by atoms with E-state index in [1.807, 2.05) is 80.9 Å². The minimum absolute atomic E-state index is 0.155. The molecule has 0 bridgehead atoms. The minimum atomic E-state index is -0.706. The molecule has 0 N–H and O–H groups in total. The van der Waals surface area contributed by atoms with Crippen molar-refractivity contribution < 1.29 is 13.9 Å². The van der Waals surface area contributed by atoms with Crippen LogP contribution in [-0.4, -0.2) is 33.2 Å². The molecule has 1 unspecified atom stereocenters. The number of para-hydroxylation sites is 1. The largest absolute Gasteiger partial charge is 0.462 e. The SMILES string of the molecule is CSc1ccc(C2C(C(=O)OCC(C)C)=C(C)N=c3sc(=Cc4cn(-c5ccccc5)nc4-c4ccc(F)cc4)c(=O)n32)cc1. The van der Waals surface area contributed by atoms with Crippen molar-refractivity contribution in [2.45, 2.75) is 31.7 Å². The number of allylic oxidation sites excluding steroid dienone is 1. The average Bonchev–Trinajstić information content (AvgIpc) is 3.60.